The van der Waals surface area contributed by atoms with Crippen LogP contribution in [0.5, 0.6) is 0 Å². The second kappa shape index (κ2) is 3.70. The van der Waals surface area contributed by atoms with E-state index in [1.165, 1.54) is 15.8 Å². The van der Waals surface area contributed by atoms with Crippen LogP contribution in [0, 0.1) is 0 Å². The monoisotopic (exact) mass is 205 g/mol. The first-order valence-electron chi connectivity index (χ1n) is 4.87. The van der Waals surface area contributed by atoms with Crippen molar-refractivity contribution in [2.75, 3.05) is 6.26 Å². The van der Waals surface area contributed by atoms with Gasteiger partial charge in [0.05, 0.1) is 0 Å². The maximum Gasteiger partial charge on any atom is 0.0493 e. The summed E-state index contributed by atoms with van der Waals surface area (Å²) in [6.07, 6.45) is 4.28. The number of aromatic nitrogens is 1. The number of fused-ring (bicyclic) bond motifs is 1. The number of thioether (sulfide) groups is 1. The molecule has 0 unspecified atom stereocenters. The molecule has 0 aliphatic heterocycles. The summed E-state index contributed by atoms with van der Waals surface area (Å²) in [6, 6.07) is 9.35. The Labute approximate surface area is 89.1 Å². The third kappa shape index (κ3) is 1.55. The van der Waals surface area contributed by atoms with E-state index in [-0.39, 0.29) is 0 Å². The van der Waals surface area contributed by atoms with Crippen molar-refractivity contribution >= 4 is 22.7 Å². The van der Waals surface area contributed by atoms with Gasteiger partial charge < -0.3 is 4.57 Å². The van der Waals surface area contributed by atoms with Gasteiger partial charge in [0.1, 0.15) is 0 Å². The summed E-state index contributed by atoms with van der Waals surface area (Å²) in [5, 5.41) is 1.33. The average molecular weight is 205 g/mol. The van der Waals surface area contributed by atoms with E-state index in [9.17, 15) is 0 Å². The Balaban J connectivity index is 2.63. The molecule has 1 aromatic heterocycles. The van der Waals surface area contributed by atoms with Gasteiger partial charge in [-0.1, -0.05) is 6.07 Å². The Morgan fingerprint density at radius 3 is 2.64 bits per heavy atom. The number of hydrogen-bond acceptors (Lipinski definition) is 1. The van der Waals surface area contributed by atoms with Crippen molar-refractivity contribution in [3.63, 3.8) is 0 Å². The molecule has 2 rings (SSSR count). The minimum absolute atomic E-state index is 0.532. The van der Waals surface area contributed by atoms with Gasteiger partial charge in [-0.2, -0.15) is 0 Å². The molecule has 0 atom stereocenters. The van der Waals surface area contributed by atoms with Crippen molar-refractivity contribution in [1.29, 1.82) is 0 Å². The van der Waals surface area contributed by atoms with Gasteiger partial charge in [-0.15, -0.1) is 11.8 Å². The van der Waals surface area contributed by atoms with Crippen LogP contribution in [-0.4, -0.2) is 10.8 Å². The molecule has 1 aromatic carbocycles. The highest BCUT2D eigenvalue weighted by Gasteiger charge is 2.04. The van der Waals surface area contributed by atoms with Crippen molar-refractivity contribution in [3.05, 3.63) is 30.5 Å². The molecular weight excluding hydrogens is 190 g/mol. The first-order chi connectivity index (χ1) is 6.72. The molecule has 14 heavy (non-hydrogen) atoms. The summed E-state index contributed by atoms with van der Waals surface area (Å²) in [4.78, 5) is 1.33. The zero-order chi connectivity index (χ0) is 10.1. The summed E-state index contributed by atoms with van der Waals surface area (Å²) in [7, 11) is 0. The Hall–Kier alpha value is -0.890. The molecule has 0 saturated carbocycles. The van der Waals surface area contributed by atoms with Crippen molar-refractivity contribution in [2.24, 2.45) is 0 Å². The molecule has 1 nitrogen and oxygen atoms in total. The van der Waals surface area contributed by atoms with E-state index in [0.29, 0.717) is 6.04 Å². The Bertz CT molecular complexity index is 443. The fraction of sp³-hybridized carbons (Fsp3) is 0.333. The summed E-state index contributed by atoms with van der Waals surface area (Å²) >= 11 is 1.79. The third-order valence-electron chi connectivity index (χ3n) is 2.49. The zero-order valence-corrected chi connectivity index (χ0v) is 9.64. The SMILES string of the molecule is CSc1ccc2ccn(C(C)C)c2c1. The van der Waals surface area contributed by atoms with Crippen LogP contribution in [0.2, 0.25) is 0 Å². The molecule has 2 aromatic rings. The zero-order valence-electron chi connectivity index (χ0n) is 8.82. The van der Waals surface area contributed by atoms with Gasteiger partial charge in [-0.05, 0) is 43.7 Å². The summed E-state index contributed by atoms with van der Waals surface area (Å²) < 4.78 is 2.31. The average Bonchev–Trinajstić information content (AvgIpc) is 2.59. The van der Waals surface area contributed by atoms with Crippen molar-refractivity contribution in [2.45, 2.75) is 24.8 Å². The van der Waals surface area contributed by atoms with Gasteiger partial charge in [0.25, 0.3) is 0 Å². The second-order valence-corrected chi connectivity index (χ2v) is 4.62. The number of rotatable bonds is 2. The smallest absolute Gasteiger partial charge is 0.0493 e. The van der Waals surface area contributed by atoms with Gasteiger partial charge in [-0.25, -0.2) is 0 Å². The minimum atomic E-state index is 0.532. The highest BCUT2D eigenvalue weighted by molar-refractivity contribution is 7.98. The van der Waals surface area contributed by atoms with Gasteiger partial charge in [0.2, 0.25) is 0 Å². The lowest BCUT2D eigenvalue weighted by atomic mass is 10.2. The summed E-state index contributed by atoms with van der Waals surface area (Å²) in [5.41, 5.74) is 1.34. The van der Waals surface area contributed by atoms with E-state index in [0.717, 1.165) is 0 Å². The van der Waals surface area contributed by atoms with E-state index in [1.54, 1.807) is 11.8 Å². The lowest BCUT2D eigenvalue weighted by molar-refractivity contribution is 0.622. The van der Waals surface area contributed by atoms with Crippen LogP contribution in [-0.2, 0) is 0 Å². The quantitative estimate of drug-likeness (QED) is 0.672. The predicted molar refractivity (Wildman–Crippen MR) is 64.1 cm³/mol. The predicted octanol–water partition coefficient (Wildman–Crippen LogP) is 3.94. The van der Waals surface area contributed by atoms with Crippen molar-refractivity contribution in [1.82, 2.24) is 4.57 Å². The van der Waals surface area contributed by atoms with Crippen LogP contribution in [0.1, 0.15) is 19.9 Å². The number of hydrogen-bond donors (Lipinski definition) is 0. The van der Waals surface area contributed by atoms with Crippen molar-refractivity contribution in [3.8, 4) is 0 Å². The van der Waals surface area contributed by atoms with Crippen LogP contribution in [0.4, 0.5) is 0 Å². The maximum absolute atomic E-state index is 2.31. The Kier molecular flexibility index (Phi) is 2.55. The van der Waals surface area contributed by atoms with Gasteiger partial charge >= 0.3 is 0 Å². The standard InChI is InChI=1S/C12H15NS/c1-9(2)13-7-6-10-4-5-11(14-3)8-12(10)13/h4-9H,1-3H3. The molecule has 1 heterocycles. The molecule has 0 N–H and O–H groups in total. The third-order valence-corrected chi connectivity index (χ3v) is 3.21. The highest BCUT2D eigenvalue weighted by atomic mass is 32.2. The van der Waals surface area contributed by atoms with Gasteiger partial charge in [-0.3, -0.25) is 0 Å². The lowest BCUT2D eigenvalue weighted by Crippen LogP contribution is -1.97. The molecule has 0 aliphatic rings. The van der Waals surface area contributed by atoms with Crippen LogP contribution < -0.4 is 0 Å². The fourth-order valence-electron chi connectivity index (χ4n) is 1.71. The van der Waals surface area contributed by atoms with Crippen molar-refractivity contribution < 1.29 is 0 Å². The van der Waals surface area contributed by atoms with E-state index in [1.807, 2.05) is 0 Å². The molecule has 0 saturated heterocycles. The maximum atomic E-state index is 2.31. The van der Waals surface area contributed by atoms with Gasteiger partial charge in [0.15, 0.2) is 0 Å². The normalized spacial score (nSPS) is 11.4. The topological polar surface area (TPSA) is 4.93 Å². The molecule has 0 aliphatic carbocycles. The van der Waals surface area contributed by atoms with E-state index < -0.39 is 0 Å². The largest absolute Gasteiger partial charge is 0.345 e. The second-order valence-electron chi connectivity index (χ2n) is 3.74. The van der Waals surface area contributed by atoms with Crippen LogP contribution in [0.3, 0.4) is 0 Å². The number of benzene rings is 1. The van der Waals surface area contributed by atoms with E-state index >= 15 is 0 Å². The number of nitrogens with zero attached hydrogens (tertiary/aromatic N) is 1. The molecule has 0 bridgehead atoms. The Morgan fingerprint density at radius 2 is 2.00 bits per heavy atom. The molecule has 0 amide bonds. The molecule has 0 spiro atoms. The summed E-state index contributed by atoms with van der Waals surface area (Å²) in [5.74, 6) is 0. The molecule has 0 fully saturated rings. The van der Waals surface area contributed by atoms with Gasteiger partial charge in [0, 0.05) is 22.7 Å². The first kappa shape index (κ1) is 9.66. The molecule has 2 heteroatoms. The molecular formula is C12H15NS. The molecule has 0 radical (unpaired) electrons. The summed E-state index contributed by atoms with van der Waals surface area (Å²) in [6.45, 7) is 4.43. The van der Waals surface area contributed by atoms with E-state index in [2.05, 4.69) is 55.1 Å². The van der Waals surface area contributed by atoms with Crippen LogP contribution in [0.25, 0.3) is 10.9 Å². The fourth-order valence-corrected chi connectivity index (χ4v) is 2.14. The lowest BCUT2D eigenvalue weighted by Gasteiger charge is -2.09. The highest BCUT2D eigenvalue weighted by Crippen LogP contribution is 2.24. The van der Waals surface area contributed by atoms with Crippen LogP contribution in [0.15, 0.2) is 35.4 Å². The Morgan fingerprint density at radius 1 is 1.21 bits per heavy atom. The first-order valence-corrected chi connectivity index (χ1v) is 6.09. The minimum Gasteiger partial charge on any atom is -0.345 e. The molecule has 74 valence electrons. The van der Waals surface area contributed by atoms with E-state index in [4.69, 9.17) is 0 Å². The van der Waals surface area contributed by atoms with Crippen LogP contribution >= 0.6 is 11.8 Å².